The summed E-state index contributed by atoms with van der Waals surface area (Å²) in [6.45, 7) is 9.03. The molecule has 6 aromatic heterocycles. The lowest BCUT2D eigenvalue weighted by molar-refractivity contribution is 0.0905. The first-order valence-electron chi connectivity index (χ1n) is 28.6. The molecule has 9 rings (SSSR count). The van der Waals surface area contributed by atoms with Gasteiger partial charge in [-0.1, -0.05) is 119 Å². The third-order valence-corrected chi connectivity index (χ3v) is 15.2. The van der Waals surface area contributed by atoms with E-state index in [4.69, 9.17) is 58.0 Å². The second-order valence-corrected chi connectivity index (χ2v) is 23.3. The van der Waals surface area contributed by atoms with Crippen molar-refractivity contribution in [2.45, 2.75) is 77.3 Å². The Morgan fingerprint density at radius 3 is 1.17 bits per heavy atom. The number of aliphatic hydroxyl groups excluding tert-OH is 5. The maximum Gasteiger partial charge on any atom is 0.268 e. The number of anilines is 3. The van der Waals surface area contributed by atoms with Crippen molar-refractivity contribution in [2.75, 3.05) is 49.0 Å². The standard InChI is InChI=1S/C22H24Cl2N4O3.C22H25ClN4O3.C21H22Cl2N4O2/c1-2-16(11-29)27-21-8-17(18(24)10-26-21)14-7-19(25-9-14)22(31)28-20(12-30)13-4-3-5-15(23)6-13;1-13-4-3-5-15(6-13)20(12-29)27-22(30)19-7-16(9-24-19)17-8-21(25-10-18(17)23)26-14(2)11-28;1-12(2)26-20-8-16(17(23)10-25-20)14-7-18(24-9-14)21(29)27-19(11-28)13-4-3-5-15(22)6-13/h3-10,16,20,25,29-30H,2,11-12H2,1H3,(H,26,27)(H,28,31);3-10,14,20,24,28-29H,11-12H2,1-2H3,(H,25,26)(H,27,30);3-10,12,19,24,28H,11H2,1-2H3,(H,25,26)(H,27,29)/t16-,20+;14-,20-;19-/m010/s1. The third-order valence-electron chi connectivity index (χ3n) is 13.9. The number of benzene rings is 3. The summed E-state index contributed by atoms with van der Waals surface area (Å²) in [6.07, 6.45) is 10.4. The fourth-order valence-electron chi connectivity index (χ4n) is 9.08. The number of rotatable bonds is 24. The molecule has 14 N–H and O–H groups in total. The molecule has 0 radical (unpaired) electrons. The van der Waals surface area contributed by atoms with Crippen LogP contribution < -0.4 is 31.9 Å². The molecule has 474 valence electrons. The Bertz CT molecular complexity index is 3840. The number of hydrogen-bond acceptors (Lipinski definition) is 14. The van der Waals surface area contributed by atoms with Crippen molar-refractivity contribution in [3.63, 3.8) is 0 Å². The molecule has 0 saturated heterocycles. The van der Waals surface area contributed by atoms with E-state index in [9.17, 15) is 39.9 Å². The van der Waals surface area contributed by atoms with Crippen LogP contribution in [-0.2, 0) is 0 Å². The van der Waals surface area contributed by atoms with Crippen molar-refractivity contribution in [2.24, 2.45) is 0 Å². The van der Waals surface area contributed by atoms with Crippen molar-refractivity contribution in [1.82, 2.24) is 45.9 Å². The Labute approximate surface area is 546 Å². The van der Waals surface area contributed by atoms with E-state index >= 15 is 0 Å². The van der Waals surface area contributed by atoms with Crippen molar-refractivity contribution < 1.29 is 39.9 Å². The minimum atomic E-state index is -0.595. The predicted molar refractivity (Wildman–Crippen MR) is 357 cm³/mol. The molecule has 0 aliphatic heterocycles. The average molecular weight is 1330 g/mol. The Balaban J connectivity index is 0.000000192. The molecule has 20 nitrogen and oxygen atoms in total. The molecular weight excluding hydrogens is 1250 g/mol. The SMILES string of the molecule is CC(C)Nc1cc(-c2c[nH]c(C(=O)N[C@@H](CO)c3cccc(Cl)c3)c2)c(Cl)cn1.CC[C@@H](CO)Nc1cc(-c2c[nH]c(C(=O)N[C@H](CO)c3cccc(Cl)c3)c2)c(Cl)cn1.Cc1cccc([C@@H](CO)NC(=O)c2cc(-c3cc(N[C@H](C)CO)ncc3Cl)c[nH]2)c1. The third kappa shape index (κ3) is 19.5. The first-order valence-corrected chi connectivity index (χ1v) is 30.5. The molecule has 5 atom stereocenters. The number of aromatic nitrogens is 6. The smallest absolute Gasteiger partial charge is 0.268 e. The lowest BCUT2D eigenvalue weighted by atomic mass is 10.0. The Morgan fingerprint density at radius 2 is 0.833 bits per heavy atom. The van der Waals surface area contributed by atoms with Gasteiger partial charge in [0.15, 0.2) is 0 Å². The molecule has 3 amide bonds. The van der Waals surface area contributed by atoms with Gasteiger partial charge in [0.05, 0.1) is 72.3 Å². The Hall–Kier alpha value is -7.99. The highest BCUT2D eigenvalue weighted by Gasteiger charge is 2.22. The van der Waals surface area contributed by atoms with Gasteiger partial charge in [-0.05, 0) is 111 Å². The highest BCUT2D eigenvalue weighted by Crippen LogP contribution is 2.34. The topological polar surface area (TPSA) is 311 Å². The molecule has 0 fully saturated rings. The number of carbonyl (C=O) groups excluding carboxylic acids is 3. The molecule has 0 bridgehead atoms. The number of halogens is 5. The Morgan fingerprint density at radius 1 is 0.467 bits per heavy atom. The zero-order valence-corrected chi connectivity index (χ0v) is 53.5. The molecule has 0 unspecified atom stereocenters. The van der Waals surface area contributed by atoms with E-state index in [1.807, 2.05) is 65.0 Å². The van der Waals surface area contributed by atoms with Gasteiger partial charge >= 0.3 is 0 Å². The average Bonchev–Trinajstić information content (AvgIpc) is 2.06. The Kier molecular flexibility index (Phi) is 26.0. The number of nitrogens with one attached hydrogen (secondary N) is 9. The number of carbonyl (C=O) groups is 3. The molecule has 0 saturated carbocycles. The zero-order valence-electron chi connectivity index (χ0n) is 49.8. The maximum atomic E-state index is 12.7. The first-order chi connectivity index (χ1) is 43.2. The van der Waals surface area contributed by atoms with Gasteiger partial charge in [0.1, 0.15) is 34.5 Å². The van der Waals surface area contributed by atoms with Gasteiger partial charge in [-0.25, -0.2) is 15.0 Å². The monoisotopic (exact) mass is 1320 g/mol. The van der Waals surface area contributed by atoms with Gasteiger partial charge in [-0.2, -0.15) is 0 Å². The molecule has 0 spiro atoms. The minimum Gasteiger partial charge on any atom is -0.394 e. The van der Waals surface area contributed by atoms with Crippen LogP contribution in [0.25, 0.3) is 33.4 Å². The van der Waals surface area contributed by atoms with E-state index in [-0.39, 0.29) is 68.9 Å². The van der Waals surface area contributed by atoms with Crippen LogP contribution in [0.1, 0.15) is 106 Å². The zero-order chi connectivity index (χ0) is 65.0. The van der Waals surface area contributed by atoms with E-state index in [0.717, 1.165) is 39.8 Å². The number of aryl methyl sites for hydroxylation is 1. The predicted octanol–water partition coefficient (Wildman–Crippen LogP) is 12.0. The number of aliphatic hydroxyl groups is 5. The highest BCUT2D eigenvalue weighted by molar-refractivity contribution is 6.34. The van der Waals surface area contributed by atoms with Crippen LogP contribution >= 0.6 is 58.0 Å². The van der Waals surface area contributed by atoms with Gasteiger partial charge in [0.25, 0.3) is 17.7 Å². The van der Waals surface area contributed by atoms with E-state index < -0.39 is 18.1 Å². The van der Waals surface area contributed by atoms with Crippen LogP contribution in [0.4, 0.5) is 17.5 Å². The molecule has 25 heteroatoms. The van der Waals surface area contributed by atoms with Gasteiger partial charge in [0.2, 0.25) is 0 Å². The molecule has 9 aromatic rings. The minimum absolute atomic E-state index is 0.0107. The van der Waals surface area contributed by atoms with E-state index in [2.05, 4.69) is 61.8 Å². The summed E-state index contributed by atoms with van der Waals surface area (Å²) >= 11 is 31.0. The summed E-state index contributed by atoms with van der Waals surface area (Å²) in [7, 11) is 0. The number of nitrogens with zero attached hydrogens (tertiary/aromatic N) is 3. The summed E-state index contributed by atoms with van der Waals surface area (Å²) in [4.78, 5) is 59.7. The van der Waals surface area contributed by atoms with Crippen molar-refractivity contribution >= 4 is 93.2 Å². The fourth-order valence-corrected chi connectivity index (χ4v) is 10.1. The normalized spacial score (nSPS) is 12.7. The number of hydrogen-bond donors (Lipinski definition) is 14. The summed E-state index contributed by atoms with van der Waals surface area (Å²) < 4.78 is 0. The lowest BCUT2D eigenvalue weighted by Gasteiger charge is -2.16. The molecular formula is C65H71Cl5N12O8. The van der Waals surface area contributed by atoms with Gasteiger partial charge < -0.3 is 72.4 Å². The van der Waals surface area contributed by atoms with Gasteiger partial charge in [-0.3, -0.25) is 14.4 Å². The van der Waals surface area contributed by atoms with Crippen LogP contribution in [0.15, 0.2) is 146 Å². The lowest BCUT2D eigenvalue weighted by Crippen LogP contribution is -2.31. The quantitative estimate of drug-likeness (QED) is 0.0268. The maximum absolute atomic E-state index is 12.7. The number of pyridine rings is 3. The second kappa shape index (κ2) is 33.7. The molecule has 0 aliphatic carbocycles. The van der Waals surface area contributed by atoms with E-state index in [1.54, 1.807) is 104 Å². The summed E-state index contributed by atoms with van der Waals surface area (Å²) in [5.74, 6) is 0.796. The van der Waals surface area contributed by atoms with Crippen LogP contribution in [-0.4, -0.2) is 124 Å². The number of H-pyrrole nitrogens is 3. The molecule has 90 heavy (non-hydrogen) atoms. The molecule has 3 aromatic carbocycles. The van der Waals surface area contributed by atoms with Gasteiger partial charge in [0, 0.05) is 92.7 Å². The van der Waals surface area contributed by atoms with Crippen LogP contribution in [0.5, 0.6) is 0 Å². The largest absolute Gasteiger partial charge is 0.394 e. The summed E-state index contributed by atoms with van der Waals surface area (Å²) in [6, 6.07) is 30.4. The summed E-state index contributed by atoms with van der Waals surface area (Å²) in [5, 5.41) is 68.1. The molecule has 0 aliphatic rings. The summed E-state index contributed by atoms with van der Waals surface area (Å²) in [5.41, 5.74) is 8.68. The molecule has 6 heterocycles. The fraction of sp³-hybridized carbons (Fsp3) is 0.262. The van der Waals surface area contributed by atoms with Crippen LogP contribution in [0.3, 0.4) is 0 Å². The first kappa shape index (κ1) is 69.5. The van der Waals surface area contributed by atoms with Crippen molar-refractivity contribution in [3.8, 4) is 33.4 Å². The van der Waals surface area contributed by atoms with Crippen molar-refractivity contribution in [3.05, 3.63) is 211 Å². The highest BCUT2D eigenvalue weighted by atomic mass is 35.5. The van der Waals surface area contributed by atoms with Crippen LogP contribution in [0.2, 0.25) is 25.1 Å². The number of amides is 3. The van der Waals surface area contributed by atoms with E-state index in [1.165, 1.54) is 12.4 Å². The van der Waals surface area contributed by atoms with Crippen molar-refractivity contribution in [1.29, 1.82) is 0 Å². The van der Waals surface area contributed by atoms with E-state index in [0.29, 0.717) is 81.9 Å². The number of aromatic amines is 3. The van der Waals surface area contributed by atoms with Crippen LogP contribution in [0, 0.1) is 6.92 Å². The second-order valence-electron chi connectivity index (χ2n) is 21.2. The van der Waals surface area contributed by atoms with Gasteiger partial charge in [-0.15, -0.1) is 0 Å².